The van der Waals surface area contributed by atoms with Gasteiger partial charge in [0.15, 0.2) is 0 Å². The lowest BCUT2D eigenvalue weighted by Crippen LogP contribution is -2.35. The van der Waals surface area contributed by atoms with Gasteiger partial charge in [0.2, 0.25) is 0 Å². The van der Waals surface area contributed by atoms with Crippen molar-refractivity contribution in [3.8, 4) is 0 Å². The Hall–Kier alpha value is -2.14. The summed E-state index contributed by atoms with van der Waals surface area (Å²) >= 11 is 0. The van der Waals surface area contributed by atoms with Crippen molar-refractivity contribution in [1.29, 1.82) is 0 Å². The molecule has 3 rings (SSSR count). The molecule has 5 heteroatoms. The normalized spacial score (nSPS) is 15.3. The molecular weight excluding hydrogens is 302 g/mol. The van der Waals surface area contributed by atoms with Crippen LogP contribution in [0.3, 0.4) is 0 Å². The zero-order valence-electron chi connectivity index (χ0n) is 14.6. The molecule has 1 unspecified atom stereocenters. The first-order chi connectivity index (χ1) is 11.4. The van der Waals surface area contributed by atoms with Gasteiger partial charge in [-0.2, -0.15) is 5.10 Å². The summed E-state index contributed by atoms with van der Waals surface area (Å²) in [4.78, 5) is 14.2. The minimum Gasteiger partial charge on any atom is -0.391 e. The van der Waals surface area contributed by atoms with Crippen molar-refractivity contribution >= 4 is 5.91 Å². The van der Waals surface area contributed by atoms with Crippen LogP contribution in [0, 0.1) is 19.8 Å². The maximum Gasteiger partial charge on any atom is 0.253 e. The third kappa shape index (κ3) is 3.85. The predicted octanol–water partition coefficient (Wildman–Crippen LogP) is 2.39. The quantitative estimate of drug-likeness (QED) is 0.886. The molecule has 0 radical (unpaired) electrons. The first-order valence-corrected chi connectivity index (χ1v) is 8.47. The van der Waals surface area contributed by atoms with Crippen molar-refractivity contribution in [1.82, 2.24) is 14.7 Å². The van der Waals surface area contributed by atoms with Crippen LogP contribution in [0.5, 0.6) is 0 Å². The van der Waals surface area contributed by atoms with Gasteiger partial charge in [0, 0.05) is 24.8 Å². The number of aryl methyl sites for hydroxylation is 2. The zero-order chi connectivity index (χ0) is 17.3. The molecule has 1 amide bonds. The standard InChI is InChI=1S/C19H25N3O2/c1-13-9-14(2)22(20-13)11-15-5-4-6-17(10-15)19(24)21(3)12-18(23)16-7-8-16/h4-6,9-10,16,18,23H,7-8,11-12H2,1-3H3. The molecule has 1 heterocycles. The van der Waals surface area contributed by atoms with Gasteiger partial charge in [-0.05, 0) is 56.4 Å². The van der Waals surface area contributed by atoms with E-state index in [9.17, 15) is 9.90 Å². The van der Waals surface area contributed by atoms with Crippen LogP contribution in [-0.4, -0.2) is 45.4 Å². The van der Waals surface area contributed by atoms with E-state index in [4.69, 9.17) is 0 Å². The molecule has 1 aliphatic rings. The molecule has 1 N–H and O–H groups in total. The van der Waals surface area contributed by atoms with Gasteiger partial charge < -0.3 is 10.0 Å². The van der Waals surface area contributed by atoms with Crippen LogP contribution in [0.4, 0.5) is 0 Å². The Morgan fingerprint density at radius 2 is 2.12 bits per heavy atom. The number of benzene rings is 1. The second-order valence-electron chi connectivity index (χ2n) is 6.88. The Morgan fingerprint density at radius 1 is 1.38 bits per heavy atom. The van der Waals surface area contributed by atoms with Gasteiger partial charge in [-0.3, -0.25) is 9.48 Å². The van der Waals surface area contributed by atoms with Crippen molar-refractivity contribution in [2.75, 3.05) is 13.6 Å². The Bertz CT molecular complexity index is 734. The van der Waals surface area contributed by atoms with E-state index < -0.39 is 6.10 Å². The Balaban J connectivity index is 1.69. The topological polar surface area (TPSA) is 58.4 Å². The summed E-state index contributed by atoms with van der Waals surface area (Å²) in [5, 5.41) is 14.5. The summed E-state index contributed by atoms with van der Waals surface area (Å²) in [6, 6.07) is 9.69. The number of hydrogen-bond donors (Lipinski definition) is 1. The number of carbonyl (C=O) groups is 1. The van der Waals surface area contributed by atoms with E-state index in [1.807, 2.05) is 48.9 Å². The maximum atomic E-state index is 12.6. The molecule has 1 aromatic heterocycles. The minimum atomic E-state index is -0.406. The number of aromatic nitrogens is 2. The van der Waals surface area contributed by atoms with Crippen LogP contribution >= 0.6 is 0 Å². The number of amides is 1. The minimum absolute atomic E-state index is 0.0510. The summed E-state index contributed by atoms with van der Waals surface area (Å²) < 4.78 is 1.94. The fourth-order valence-corrected chi connectivity index (χ4v) is 3.02. The molecule has 24 heavy (non-hydrogen) atoms. The third-order valence-corrected chi connectivity index (χ3v) is 4.58. The molecule has 128 valence electrons. The monoisotopic (exact) mass is 327 g/mol. The van der Waals surface area contributed by atoms with Crippen molar-refractivity contribution in [2.24, 2.45) is 5.92 Å². The fourth-order valence-electron chi connectivity index (χ4n) is 3.02. The van der Waals surface area contributed by atoms with Gasteiger partial charge in [-0.15, -0.1) is 0 Å². The number of aliphatic hydroxyl groups is 1. The molecule has 0 saturated heterocycles. The van der Waals surface area contributed by atoms with Crippen molar-refractivity contribution in [3.05, 3.63) is 52.8 Å². The van der Waals surface area contributed by atoms with E-state index in [1.54, 1.807) is 11.9 Å². The Kier molecular flexibility index (Phi) is 4.71. The van der Waals surface area contributed by atoms with Crippen molar-refractivity contribution < 1.29 is 9.90 Å². The maximum absolute atomic E-state index is 12.6. The highest BCUT2D eigenvalue weighted by atomic mass is 16.3. The molecule has 1 aliphatic carbocycles. The van der Waals surface area contributed by atoms with Gasteiger partial charge in [-0.25, -0.2) is 0 Å². The average molecular weight is 327 g/mol. The molecule has 1 saturated carbocycles. The summed E-state index contributed by atoms with van der Waals surface area (Å²) in [6.07, 6.45) is 1.74. The van der Waals surface area contributed by atoms with Crippen molar-refractivity contribution in [3.63, 3.8) is 0 Å². The summed E-state index contributed by atoms with van der Waals surface area (Å²) in [7, 11) is 1.75. The molecule has 1 fully saturated rings. The zero-order valence-corrected chi connectivity index (χ0v) is 14.6. The van der Waals surface area contributed by atoms with Crippen LogP contribution in [0.15, 0.2) is 30.3 Å². The number of rotatable bonds is 6. The lowest BCUT2D eigenvalue weighted by Gasteiger charge is -2.21. The molecule has 0 spiro atoms. The summed E-state index contributed by atoms with van der Waals surface area (Å²) in [5.74, 6) is 0.322. The SMILES string of the molecule is Cc1cc(C)n(Cc2cccc(C(=O)N(C)CC(O)C3CC3)c2)n1. The van der Waals surface area contributed by atoms with Gasteiger partial charge in [0.25, 0.3) is 5.91 Å². The van der Waals surface area contributed by atoms with Crippen molar-refractivity contribution in [2.45, 2.75) is 39.3 Å². The number of likely N-dealkylation sites (N-methyl/N-ethyl adjacent to an activating group) is 1. The van der Waals surface area contributed by atoms with Crippen LogP contribution in [0.2, 0.25) is 0 Å². The average Bonchev–Trinajstić information content (AvgIpc) is 3.34. The summed E-state index contributed by atoms with van der Waals surface area (Å²) in [6.45, 7) is 5.05. The molecule has 1 atom stereocenters. The molecule has 5 nitrogen and oxygen atoms in total. The first kappa shape index (κ1) is 16.7. The lowest BCUT2D eigenvalue weighted by atomic mass is 10.1. The van der Waals surface area contributed by atoms with E-state index in [0.29, 0.717) is 24.6 Å². The molecule has 0 bridgehead atoms. The Labute approximate surface area is 142 Å². The number of hydrogen-bond acceptors (Lipinski definition) is 3. The highest BCUT2D eigenvalue weighted by Gasteiger charge is 2.31. The highest BCUT2D eigenvalue weighted by molar-refractivity contribution is 5.94. The van der Waals surface area contributed by atoms with Crippen LogP contribution < -0.4 is 0 Å². The highest BCUT2D eigenvalue weighted by Crippen LogP contribution is 2.32. The molecule has 1 aromatic carbocycles. The molecule has 2 aromatic rings. The van der Waals surface area contributed by atoms with E-state index in [1.165, 1.54) is 0 Å². The lowest BCUT2D eigenvalue weighted by molar-refractivity contribution is 0.0645. The van der Waals surface area contributed by atoms with Gasteiger partial charge in [0.05, 0.1) is 18.3 Å². The first-order valence-electron chi connectivity index (χ1n) is 8.47. The Morgan fingerprint density at radius 3 is 2.75 bits per heavy atom. The van der Waals surface area contributed by atoms with Crippen LogP contribution in [0.25, 0.3) is 0 Å². The van der Waals surface area contributed by atoms with E-state index in [-0.39, 0.29) is 5.91 Å². The van der Waals surface area contributed by atoms with E-state index >= 15 is 0 Å². The molecular formula is C19H25N3O2. The van der Waals surface area contributed by atoms with Gasteiger partial charge >= 0.3 is 0 Å². The second kappa shape index (κ2) is 6.77. The van der Waals surface area contributed by atoms with Gasteiger partial charge in [0.1, 0.15) is 0 Å². The van der Waals surface area contributed by atoms with Crippen LogP contribution in [-0.2, 0) is 6.54 Å². The van der Waals surface area contributed by atoms with E-state index in [2.05, 4.69) is 5.10 Å². The largest absolute Gasteiger partial charge is 0.391 e. The predicted molar refractivity (Wildman–Crippen MR) is 92.9 cm³/mol. The smallest absolute Gasteiger partial charge is 0.253 e. The summed E-state index contributed by atoms with van der Waals surface area (Å²) in [5.41, 5.74) is 3.80. The molecule has 0 aliphatic heterocycles. The number of nitrogens with zero attached hydrogens (tertiary/aromatic N) is 3. The third-order valence-electron chi connectivity index (χ3n) is 4.58. The second-order valence-corrected chi connectivity index (χ2v) is 6.88. The van der Waals surface area contributed by atoms with Crippen LogP contribution in [0.1, 0.15) is 40.2 Å². The van der Waals surface area contributed by atoms with E-state index in [0.717, 1.165) is 29.8 Å². The van der Waals surface area contributed by atoms with Gasteiger partial charge in [-0.1, -0.05) is 12.1 Å². The number of aliphatic hydroxyl groups excluding tert-OH is 1. The fraction of sp³-hybridized carbons (Fsp3) is 0.474. The number of carbonyl (C=O) groups excluding carboxylic acids is 1.